The number of esters is 2. The van der Waals surface area contributed by atoms with Crippen LogP contribution in [0.15, 0.2) is 114 Å². The number of hydrogen-bond acceptors (Lipinski definition) is 8. The van der Waals surface area contributed by atoms with Crippen LogP contribution in [-0.4, -0.2) is 55.7 Å². The highest BCUT2D eigenvalue weighted by atomic mass is 16.6. The van der Waals surface area contributed by atoms with Crippen molar-refractivity contribution in [2.75, 3.05) is 39.0 Å². The predicted octanol–water partition coefficient (Wildman–Crippen LogP) is 5.14. The highest BCUT2D eigenvalue weighted by Crippen LogP contribution is 2.32. The first-order valence-electron chi connectivity index (χ1n) is 15.1. The molecule has 2 aliphatic heterocycles. The van der Waals surface area contributed by atoms with Crippen molar-refractivity contribution in [1.82, 2.24) is 10.2 Å². The molecule has 0 saturated carbocycles. The van der Waals surface area contributed by atoms with Gasteiger partial charge < -0.3 is 26.3 Å². The maximum Gasteiger partial charge on any atom is 0.336 e. The number of methoxy groups -OCH3 is 1. The van der Waals surface area contributed by atoms with Crippen molar-refractivity contribution in [3.05, 3.63) is 125 Å². The third-order valence-corrected chi connectivity index (χ3v) is 8.33. The Bertz CT molecular complexity index is 1420. The molecule has 2 aliphatic rings. The zero-order valence-corrected chi connectivity index (χ0v) is 25.9. The number of nitrogen functional groups attached to an aromatic ring is 1. The van der Waals surface area contributed by atoms with Gasteiger partial charge in [0.2, 0.25) is 0 Å². The molecule has 0 amide bonds. The van der Waals surface area contributed by atoms with Gasteiger partial charge >= 0.3 is 11.9 Å². The van der Waals surface area contributed by atoms with Crippen molar-refractivity contribution in [2.45, 2.75) is 44.6 Å². The van der Waals surface area contributed by atoms with Gasteiger partial charge in [0.1, 0.15) is 5.60 Å². The molecule has 3 aromatic rings. The molecule has 1 saturated heterocycles. The van der Waals surface area contributed by atoms with E-state index in [9.17, 15) is 9.59 Å². The molecule has 0 bridgehead atoms. The maximum absolute atomic E-state index is 13.3. The molecule has 0 radical (unpaired) electrons. The van der Waals surface area contributed by atoms with Crippen LogP contribution in [0.25, 0.3) is 0 Å². The fourth-order valence-electron chi connectivity index (χ4n) is 5.78. The number of nitrogens with one attached hydrogen (secondary N) is 1. The van der Waals surface area contributed by atoms with Gasteiger partial charge in [-0.15, -0.1) is 0 Å². The lowest BCUT2D eigenvalue weighted by Gasteiger charge is -2.30. The van der Waals surface area contributed by atoms with Crippen LogP contribution < -0.4 is 16.8 Å². The number of nitrogens with zero attached hydrogens (tertiary/aromatic N) is 1. The van der Waals surface area contributed by atoms with Crippen molar-refractivity contribution in [1.29, 1.82) is 0 Å². The topological polar surface area (TPSA) is 120 Å². The van der Waals surface area contributed by atoms with Gasteiger partial charge in [-0.1, -0.05) is 78.9 Å². The molecule has 0 spiro atoms. The van der Waals surface area contributed by atoms with E-state index < -0.39 is 17.5 Å². The Labute approximate surface area is 260 Å². The minimum atomic E-state index is -0.749. The molecule has 0 aliphatic carbocycles. The zero-order chi connectivity index (χ0) is 31.5. The third kappa shape index (κ3) is 8.36. The van der Waals surface area contributed by atoms with E-state index in [2.05, 4.69) is 58.7 Å². The summed E-state index contributed by atoms with van der Waals surface area (Å²) in [4.78, 5) is 27.8. The van der Waals surface area contributed by atoms with E-state index in [1.54, 1.807) is 6.92 Å². The Balaban J connectivity index is 0.000000555. The number of ether oxygens (including phenoxy) is 2. The number of anilines is 1. The smallest absolute Gasteiger partial charge is 0.336 e. The van der Waals surface area contributed by atoms with Crippen molar-refractivity contribution in [2.24, 2.45) is 5.73 Å². The number of benzene rings is 3. The Hall–Kier alpha value is -4.40. The fraction of sp³-hybridized carbons (Fsp3) is 0.333. The van der Waals surface area contributed by atoms with Crippen LogP contribution in [0.3, 0.4) is 0 Å². The molecular weight excluding hydrogens is 552 g/mol. The molecule has 8 nitrogen and oxygen atoms in total. The summed E-state index contributed by atoms with van der Waals surface area (Å²) in [5.41, 5.74) is 16.4. The molecule has 232 valence electrons. The van der Waals surface area contributed by atoms with Crippen LogP contribution in [0.5, 0.6) is 0 Å². The minimum absolute atomic E-state index is 0.177. The number of likely N-dealkylation sites (tertiary alicyclic amines) is 1. The summed E-state index contributed by atoms with van der Waals surface area (Å²) in [6, 6.07) is 30.6. The molecule has 0 aromatic heterocycles. The first-order valence-corrected chi connectivity index (χ1v) is 15.1. The lowest BCUT2D eigenvalue weighted by atomic mass is 9.88. The van der Waals surface area contributed by atoms with Gasteiger partial charge in [-0.3, -0.25) is 4.90 Å². The molecule has 8 heteroatoms. The average molecular weight is 597 g/mol. The van der Waals surface area contributed by atoms with Gasteiger partial charge in [0.25, 0.3) is 0 Å². The van der Waals surface area contributed by atoms with E-state index in [4.69, 9.17) is 20.9 Å². The van der Waals surface area contributed by atoms with Crippen LogP contribution in [0.4, 0.5) is 5.69 Å². The number of dihydropyridines is 1. The highest BCUT2D eigenvalue weighted by Gasteiger charge is 2.42. The second-order valence-electron chi connectivity index (χ2n) is 11.4. The molecule has 2 heterocycles. The van der Waals surface area contributed by atoms with Crippen molar-refractivity contribution >= 4 is 17.6 Å². The fourth-order valence-corrected chi connectivity index (χ4v) is 5.78. The predicted molar refractivity (Wildman–Crippen MR) is 174 cm³/mol. The van der Waals surface area contributed by atoms with E-state index in [1.807, 2.05) is 49.4 Å². The van der Waals surface area contributed by atoms with Crippen molar-refractivity contribution in [3.8, 4) is 0 Å². The van der Waals surface area contributed by atoms with Gasteiger partial charge in [0, 0.05) is 55.5 Å². The maximum atomic E-state index is 13.3. The average Bonchev–Trinajstić information content (AvgIpc) is 3.45. The monoisotopic (exact) mass is 596 g/mol. The zero-order valence-electron chi connectivity index (χ0n) is 25.9. The Morgan fingerprint density at radius 1 is 0.864 bits per heavy atom. The second-order valence-corrected chi connectivity index (χ2v) is 11.4. The van der Waals surface area contributed by atoms with Crippen LogP contribution in [0, 0.1) is 0 Å². The second kappa shape index (κ2) is 15.4. The van der Waals surface area contributed by atoms with E-state index in [0.717, 1.165) is 25.2 Å². The van der Waals surface area contributed by atoms with Gasteiger partial charge in [0.05, 0.1) is 18.3 Å². The quantitative estimate of drug-likeness (QED) is 0.230. The Morgan fingerprint density at radius 2 is 1.39 bits per heavy atom. The van der Waals surface area contributed by atoms with Crippen molar-refractivity contribution in [3.63, 3.8) is 0 Å². The highest BCUT2D eigenvalue weighted by molar-refractivity contribution is 5.96. The number of allylic oxidation sites excluding steroid dienone is 2. The van der Waals surface area contributed by atoms with Crippen LogP contribution in [0.1, 0.15) is 50.2 Å². The SMILES string of the molecule is COC(=O)C1=C(C)NC(C)=C(C(=O)OC2(CN)CCN(CCC(c3ccccc3)c3ccccc3)C2)C1.Nc1ccccc1. The lowest BCUT2D eigenvalue weighted by Crippen LogP contribution is -2.46. The van der Waals surface area contributed by atoms with Gasteiger partial charge in [0.15, 0.2) is 0 Å². The Kier molecular flexibility index (Phi) is 11.4. The van der Waals surface area contributed by atoms with Crippen molar-refractivity contribution < 1.29 is 19.1 Å². The Morgan fingerprint density at radius 3 is 1.86 bits per heavy atom. The number of rotatable bonds is 9. The summed E-state index contributed by atoms with van der Waals surface area (Å²) in [6.07, 6.45) is 1.80. The first-order chi connectivity index (χ1) is 21.2. The molecule has 1 unspecified atom stereocenters. The van der Waals surface area contributed by atoms with Crippen LogP contribution in [-0.2, 0) is 19.1 Å². The number of carbonyl (C=O) groups is 2. The number of hydrogen-bond donors (Lipinski definition) is 3. The third-order valence-electron chi connectivity index (χ3n) is 8.33. The molecule has 5 rings (SSSR count). The molecule has 1 fully saturated rings. The molecule has 5 N–H and O–H groups in total. The molecule has 3 aromatic carbocycles. The summed E-state index contributed by atoms with van der Waals surface area (Å²) >= 11 is 0. The largest absolute Gasteiger partial charge is 0.466 e. The van der Waals surface area contributed by atoms with E-state index in [0.29, 0.717) is 35.5 Å². The summed E-state index contributed by atoms with van der Waals surface area (Å²) < 4.78 is 11.0. The van der Waals surface area contributed by atoms with E-state index in [1.165, 1.54) is 18.2 Å². The summed E-state index contributed by atoms with van der Waals surface area (Å²) in [5.74, 6) is -0.599. The van der Waals surface area contributed by atoms with Crippen LogP contribution >= 0.6 is 0 Å². The van der Waals surface area contributed by atoms with Gasteiger partial charge in [-0.05, 0) is 50.1 Å². The lowest BCUT2D eigenvalue weighted by molar-refractivity contribution is -0.153. The van der Waals surface area contributed by atoms with E-state index in [-0.39, 0.29) is 18.9 Å². The van der Waals surface area contributed by atoms with Gasteiger partial charge in [-0.2, -0.15) is 0 Å². The summed E-state index contributed by atoms with van der Waals surface area (Å²) in [7, 11) is 1.34. The van der Waals surface area contributed by atoms with Gasteiger partial charge in [-0.25, -0.2) is 9.59 Å². The summed E-state index contributed by atoms with van der Waals surface area (Å²) in [5, 5.41) is 3.12. The number of para-hydroxylation sites is 1. The number of carbonyl (C=O) groups excluding carboxylic acids is 2. The molecule has 1 atom stereocenters. The first kappa shape index (κ1) is 32.5. The minimum Gasteiger partial charge on any atom is -0.466 e. The number of nitrogens with two attached hydrogens (primary N) is 2. The van der Waals surface area contributed by atoms with Crippen LogP contribution in [0.2, 0.25) is 0 Å². The molecule has 44 heavy (non-hydrogen) atoms. The summed E-state index contributed by atoms with van der Waals surface area (Å²) in [6.45, 7) is 6.12. The normalized spacial score (nSPS) is 18.4. The van der Waals surface area contributed by atoms with E-state index >= 15 is 0 Å². The molecular formula is C36H44N4O4. The standard InChI is InChI=1S/C30H37N3O4.C6H7N/c1-21-26(28(34)36-3)18-27(22(2)32-21)29(35)37-30(19-31)15-17-33(20-30)16-14-25(23-10-6-4-7-11-23)24-12-8-5-9-13-24;7-6-4-2-1-3-5-6/h4-13,25,32H,14-20,31H2,1-3H3;1-5H,7H2.